The third kappa shape index (κ3) is 21.5. The lowest BCUT2D eigenvalue weighted by molar-refractivity contribution is -0.0131. The standard InChI is InChI=1S/C38H54O13/c1-4-32-6-9-34(10-7-32)37(39)50-28-26-47-22-20-45-18-19-46-24-25-49-31-35-30-33(5-2)8-11-36(35)38(40)51-29-27-48-23-21-44-17-16-43-15-14-42-13-12-41-3/h4-11,30H,1-2,12-29,31H2,3H3. The van der Waals surface area contributed by atoms with Crippen molar-refractivity contribution >= 4 is 24.1 Å². The first-order chi connectivity index (χ1) is 25.1. The fraction of sp³-hybridized carbons (Fsp3) is 0.526. The summed E-state index contributed by atoms with van der Waals surface area (Å²) < 4.78 is 59.4. The summed E-state index contributed by atoms with van der Waals surface area (Å²) in [5.41, 5.74) is 3.38. The van der Waals surface area contributed by atoms with Crippen LogP contribution in [0.4, 0.5) is 0 Å². The van der Waals surface area contributed by atoms with Gasteiger partial charge >= 0.3 is 11.9 Å². The SMILES string of the molecule is C=Cc1ccc(C(=O)OCCOCCOCCOCCOCc2cc(C=C)ccc2C(=O)OCCOCCOCCOCCOCCOC)cc1. The van der Waals surface area contributed by atoms with Crippen molar-refractivity contribution in [2.75, 3.05) is 126 Å². The average Bonchev–Trinajstić information content (AvgIpc) is 3.16. The monoisotopic (exact) mass is 718 g/mol. The number of benzene rings is 2. The molecule has 0 radical (unpaired) electrons. The highest BCUT2D eigenvalue weighted by Gasteiger charge is 2.14. The van der Waals surface area contributed by atoms with E-state index in [1.807, 2.05) is 6.07 Å². The molecule has 51 heavy (non-hydrogen) atoms. The normalized spacial score (nSPS) is 11.0. The number of carbonyl (C=O) groups excluding carboxylic acids is 2. The van der Waals surface area contributed by atoms with Gasteiger partial charge in [-0.05, 0) is 41.0 Å². The Hall–Kier alpha value is -3.50. The summed E-state index contributed by atoms with van der Waals surface area (Å²) in [7, 11) is 1.63. The molecule has 0 unspecified atom stereocenters. The maximum Gasteiger partial charge on any atom is 0.338 e. The first-order valence-electron chi connectivity index (χ1n) is 17.0. The summed E-state index contributed by atoms with van der Waals surface area (Å²) in [6.07, 6.45) is 3.41. The first-order valence-corrected chi connectivity index (χ1v) is 17.0. The molecule has 0 saturated heterocycles. The molecule has 0 aliphatic heterocycles. The first kappa shape index (κ1) is 43.7. The zero-order valence-corrected chi connectivity index (χ0v) is 29.9. The number of methoxy groups -OCH3 is 1. The van der Waals surface area contributed by atoms with Crippen LogP contribution < -0.4 is 0 Å². The third-order valence-electron chi connectivity index (χ3n) is 6.81. The van der Waals surface area contributed by atoms with Crippen LogP contribution in [0.5, 0.6) is 0 Å². The molecule has 2 aromatic rings. The van der Waals surface area contributed by atoms with Crippen molar-refractivity contribution in [3.63, 3.8) is 0 Å². The zero-order chi connectivity index (χ0) is 36.6. The van der Waals surface area contributed by atoms with Gasteiger partial charge in [-0.1, -0.05) is 43.5 Å². The lowest BCUT2D eigenvalue weighted by Gasteiger charge is -2.12. The summed E-state index contributed by atoms with van der Waals surface area (Å²) in [6, 6.07) is 12.3. The van der Waals surface area contributed by atoms with Gasteiger partial charge in [0.25, 0.3) is 0 Å². The molecule has 13 nitrogen and oxygen atoms in total. The molecule has 2 rings (SSSR count). The van der Waals surface area contributed by atoms with E-state index in [0.29, 0.717) is 109 Å². The molecule has 0 saturated carbocycles. The highest BCUT2D eigenvalue weighted by Crippen LogP contribution is 2.16. The van der Waals surface area contributed by atoms with Gasteiger partial charge < -0.3 is 52.1 Å². The second-order valence-electron chi connectivity index (χ2n) is 10.6. The van der Waals surface area contributed by atoms with Crippen LogP contribution in [0.25, 0.3) is 12.2 Å². The molecule has 0 amide bonds. The van der Waals surface area contributed by atoms with E-state index in [4.69, 9.17) is 52.1 Å². The van der Waals surface area contributed by atoms with Gasteiger partial charge in [0, 0.05) is 7.11 Å². The molecule has 284 valence electrons. The van der Waals surface area contributed by atoms with Crippen LogP contribution in [0.3, 0.4) is 0 Å². The van der Waals surface area contributed by atoms with Gasteiger partial charge in [-0.15, -0.1) is 0 Å². The third-order valence-corrected chi connectivity index (χ3v) is 6.81. The van der Waals surface area contributed by atoms with Crippen molar-refractivity contribution in [3.05, 3.63) is 83.4 Å². The Morgan fingerprint density at radius 3 is 1.33 bits per heavy atom. The molecular weight excluding hydrogens is 664 g/mol. The summed E-state index contributed by atoms with van der Waals surface area (Å²) in [5, 5.41) is 0. The largest absolute Gasteiger partial charge is 0.460 e. The van der Waals surface area contributed by atoms with Crippen molar-refractivity contribution in [1.29, 1.82) is 0 Å². The van der Waals surface area contributed by atoms with Crippen molar-refractivity contribution in [3.8, 4) is 0 Å². The number of hydrogen-bond acceptors (Lipinski definition) is 13. The van der Waals surface area contributed by atoms with Crippen LogP contribution in [-0.2, 0) is 58.7 Å². The molecule has 0 aromatic heterocycles. The minimum atomic E-state index is -0.458. The molecule has 0 spiro atoms. The number of ether oxygens (including phenoxy) is 11. The van der Waals surface area contributed by atoms with E-state index < -0.39 is 11.9 Å². The van der Waals surface area contributed by atoms with Gasteiger partial charge in [0.1, 0.15) is 13.2 Å². The maximum absolute atomic E-state index is 12.7. The number of rotatable bonds is 33. The molecule has 0 fully saturated rings. The highest BCUT2D eigenvalue weighted by atomic mass is 16.6. The Bertz CT molecular complexity index is 1220. The second kappa shape index (κ2) is 30.2. The summed E-state index contributed by atoms with van der Waals surface area (Å²) in [4.78, 5) is 24.8. The number of esters is 2. The van der Waals surface area contributed by atoms with E-state index in [9.17, 15) is 9.59 Å². The Labute approximate surface area is 301 Å². The average molecular weight is 719 g/mol. The van der Waals surface area contributed by atoms with Crippen molar-refractivity contribution in [2.24, 2.45) is 0 Å². The quantitative estimate of drug-likeness (QED) is 0.0769. The minimum Gasteiger partial charge on any atom is -0.460 e. The van der Waals surface area contributed by atoms with Crippen LogP contribution >= 0.6 is 0 Å². The Kier molecular flexibility index (Phi) is 25.8. The topological polar surface area (TPSA) is 136 Å². The van der Waals surface area contributed by atoms with Gasteiger partial charge in [-0.2, -0.15) is 0 Å². The number of hydrogen-bond donors (Lipinski definition) is 0. The predicted molar refractivity (Wildman–Crippen MR) is 191 cm³/mol. The van der Waals surface area contributed by atoms with Crippen LogP contribution in [0.1, 0.15) is 37.4 Å². The zero-order valence-electron chi connectivity index (χ0n) is 29.9. The van der Waals surface area contributed by atoms with E-state index in [1.54, 1.807) is 55.7 Å². The lowest BCUT2D eigenvalue weighted by Crippen LogP contribution is -2.16. The van der Waals surface area contributed by atoms with E-state index in [-0.39, 0.29) is 33.0 Å². The van der Waals surface area contributed by atoms with E-state index >= 15 is 0 Å². The molecular formula is C38H54O13. The van der Waals surface area contributed by atoms with Crippen molar-refractivity contribution in [1.82, 2.24) is 0 Å². The number of carbonyl (C=O) groups is 2. The Balaban J connectivity index is 1.45. The van der Waals surface area contributed by atoms with Gasteiger partial charge in [0.15, 0.2) is 0 Å². The molecule has 0 atom stereocenters. The molecule has 0 aliphatic rings. The van der Waals surface area contributed by atoms with Crippen molar-refractivity contribution < 1.29 is 61.7 Å². The molecule has 0 heterocycles. The van der Waals surface area contributed by atoms with Gasteiger partial charge in [-0.25, -0.2) is 9.59 Å². The van der Waals surface area contributed by atoms with Crippen LogP contribution in [0, 0.1) is 0 Å². The molecule has 13 heteroatoms. The maximum atomic E-state index is 12.7. The fourth-order valence-corrected chi connectivity index (χ4v) is 4.11. The fourth-order valence-electron chi connectivity index (χ4n) is 4.11. The Morgan fingerprint density at radius 1 is 0.490 bits per heavy atom. The van der Waals surface area contributed by atoms with Gasteiger partial charge in [0.2, 0.25) is 0 Å². The highest BCUT2D eigenvalue weighted by molar-refractivity contribution is 5.91. The Morgan fingerprint density at radius 2 is 0.882 bits per heavy atom. The second-order valence-corrected chi connectivity index (χ2v) is 10.6. The van der Waals surface area contributed by atoms with Crippen molar-refractivity contribution in [2.45, 2.75) is 6.61 Å². The summed E-state index contributed by atoms with van der Waals surface area (Å²) in [5.74, 6) is -0.855. The van der Waals surface area contributed by atoms with Crippen LogP contribution in [0.2, 0.25) is 0 Å². The van der Waals surface area contributed by atoms with Gasteiger partial charge in [-0.3, -0.25) is 0 Å². The van der Waals surface area contributed by atoms with E-state index in [0.717, 1.165) is 11.1 Å². The molecule has 2 aromatic carbocycles. The minimum absolute atomic E-state index is 0.109. The van der Waals surface area contributed by atoms with Crippen LogP contribution in [-0.4, -0.2) is 138 Å². The van der Waals surface area contributed by atoms with Crippen LogP contribution in [0.15, 0.2) is 55.6 Å². The van der Waals surface area contributed by atoms with Gasteiger partial charge in [0.05, 0.1) is 123 Å². The molecule has 0 bridgehead atoms. The predicted octanol–water partition coefficient (Wildman–Crippen LogP) is 4.27. The van der Waals surface area contributed by atoms with E-state index in [1.165, 1.54) is 0 Å². The smallest absolute Gasteiger partial charge is 0.338 e. The molecule has 0 aliphatic carbocycles. The summed E-state index contributed by atoms with van der Waals surface area (Å²) >= 11 is 0. The summed E-state index contributed by atoms with van der Waals surface area (Å²) in [6.45, 7) is 14.6. The van der Waals surface area contributed by atoms with E-state index in [2.05, 4.69) is 13.2 Å². The molecule has 0 N–H and O–H groups in total. The lowest BCUT2D eigenvalue weighted by atomic mass is 10.0.